The molecule has 0 unspecified atom stereocenters. The maximum Gasteiger partial charge on any atom is 0.180 e. The Kier molecular flexibility index (Phi) is 12.5. The Hall–Kier alpha value is 0.540. The molecule has 0 aliphatic rings. The molecule has 0 spiro atoms. The number of alkyl halides is 3. The van der Waals surface area contributed by atoms with Crippen LogP contribution in [0.15, 0.2) is 0 Å². The third-order valence-corrected chi connectivity index (χ3v) is 0.789. The van der Waals surface area contributed by atoms with E-state index in [-0.39, 0.29) is 0 Å². The van der Waals surface area contributed by atoms with Crippen LogP contribution in [0.25, 0.3) is 0 Å². The Labute approximate surface area is 76.6 Å². The molecule has 0 fully saturated rings. The molecule has 0 amide bonds. The van der Waals surface area contributed by atoms with Crippen molar-refractivity contribution in [1.29, 1.82) is 0 Å². The molecule has 10 heavy (non-hydrogen) atoms. The number of ketones is 1. The van der Waals surface area contributed by atoms with E-state index < -0.39 is 4.30 Å². The molecule has 0 rings (SSSR count). The molecule has 0 aliphatic heterocycles. The lowest BCUT2D eigenvalue weighted by Crippen LogP contribution is -1.88. The van der Waals surface area contributed by atoms with Crippen LogP contribution >= 0.6 is 34.8 Å². The monoisotopic (exact) mass is 204 g/mol. The Morgan fingerprint density at radius 2 is 1.40 bits per heavy atom. The summed E-state index contributed by atoms with van der Waals surface area (Å²) in [5.41, 5.74) is 0. The fourth-order valence-electron chi connectivity index (χ4n) is 0.250. The highest BCUT2D eigenvalue weighted by Crippen LogP contribution is 2.03. The highest BCUT2D eigenvalue weighted by Gasteiger charge is 1.86. The predicted molar refractivity (Wildman–Crippen MR) is 46.9 cm³/mol. The summed E-state index contributed by atoms with van der Waals surface area (Å²) in [6, 6.07) is 0. The summed E-state index contributed by atoms with van der Waals surface area (Å²) in [6.07, 6.45) is 1.38. The van der Waals surface area contributed by atoms with E-state index in [2.05, 4.69) is 0 Å². The molecule has 0 aromatic heterocycles. The summed E-state index contributed by atoms with van der Waals surface area (Å²) in [5.74, 6) is 0.343. The summed E-state index contributed by atoms with van der Waals surface area (Å²) in [6.45, 7) is 3.76. The normalized spacial score (nSPS) is 8.60. The van der Waals surface area contributed by atoms with E-state index in [1.165, 1.54) is 0 Å². The van der Waals surface area contributed by atoms with Crippen molar-refractivity contribution in [2.75, 3.05) is 0 Å². The lowest BCUT2D eigenvalue weighted by molar-refractivity contribution is -0.118. The minimum atomic E-state index is -0.750. The first-order valence-corrected chi connectivity index (χ1v) is 4.29. The minimum absolute atomic E-state index is 0.343. The Morgan fingerprint density at radius 3 is 1.40 bits per heavy atom. The summed E-state index contributed by atoms with van der Waals surface area (Å²) in [7, 11) is 0. The number of carbonyl (C=O) groups is 1. The van der Waals surface area contributed by atoms with Crippen LogP contribution in [0.3, 0.4) is 0 Å². The van der Waals surface area contributed by atoms with Crippen LogP contribution in [0.1, 0.15) is 26.7 Å². The van der Waals surface area contributed by atoms with E-state index in [0.29, 0.717) is 18.6 Å². The Balaban J connectivity index is 0. The topological polar surface area (TPSA) is 17.1 Å². The second kappa shape index (κ2) is 9.54. The second-order valence-corrected chi connectivity index (χ2v) is 3.47. The van der Waals surface area contributed by atoms with Gasteiger partial charge in [-0.05, 0) is 0 Å². The van der Waals surface area contributed by atoms with Crippen molar-refractivity contribution < 1.29 is 4.79 Å². The van der Waals surface area contributed by atoms with Crippen LogP contribution in [0.4, 0.5) is 0 Å². The number of hydrogen-bond acceptors (Lipinski definition) is 1. The van der Waals surface area contributed by atoms with Crippen LogP contribution < -0.4 is 0 Å². The molecule has 0 N–H and O–H groups in total. The molecule has 0 aromatic rings. The van der Waals surface area contributed by atoms with Gasteiger partial charge < -0.3 is 0 Å². The van der Waals surface area contributed by atoms with Crippen molar-refractivity contribution in [3.05, 3.63) is 0 Å². The molecule has 0 saturated heterocycles. The molecule has 0 bridgehead atoms. The molecular formula is C6H11Cl3O. The summed E-state index contributed by atoms with van der Waals surface area (Å²) < 4.78 is -0.750. The summed E-state index contributed by atoms with van der Waals surface area (Å²) in [4.78, 5) is 10.2. The average Bonchev–Trinajstić information content (AvgIpc) is 1.85. The van der Waals surface area contributed by atoms with Gasteiger partial charge in [-0.1, -0.05) is 48.7 Å². The van der Waals surface area contributed by atoms with Crippen molar-refractivity contribution in [2.45, 2.75) is 31.0 Å². The smallest absolute Gasteiger partial charge is 0.180 e. The summed E-state index contributed by atoms with van der Waals surface area (Å²) >= 11 is 14.4. The van der Waals surface area contributed by atoms with Crippen molar-refractivity contribution in [2.24, 2.45) is 0 Å². The van der Waals surface area contributed by atoms with Crippen molar-refractivity contribution in [3.8, 4) is 0 Å². The lowest BCUT2D eigenvalue weighted by Gasteiger charge is -1.81. The predicted octanol–water partition coefficient (Wildman–Crippen LogP) is 3.36. The summed E-state index contributed by atoms with van der Waals surface area (Å²) in [5, 5.41) is 0. The fraction of sp³-hybridized carbons (Fsp3) is 0.833. The molecule has 4 heteroatoms. The molecule has 0 heterocycles. The van der Waals surface area contributed by atoms with Gasteiger partial charge in [0.2, 0.25) is 0 Å². The largest absolute Gasteiger partial charge is 0.300 e. The van der Waals surface area contributed by atoms with Crippen molar-refractivity contribution in [3.63, 3.8) is 0 Å². The van der Waals surface area contributed by atoms with E-state index in [9.17, 15) is 4.79 Å². The van der Waals surface area contributed by atoms with E-state index in [1.54, 1.807) is 0 Å². The van der Waals surface area contributed by atoms with Crippen molar-refractivity contribution in [1.82, 2.24) is 0 Å². The molecule has 0 aromatic carbocycles. The molecule has 62 valence electrons. The SMILES string of the molecule is CCC(=O)CC.ClC(Cl)Cl. The first-order valence-electron chi connectivity index (χ1n) is 2.98. The quantitative estimate of drug-likeness (QED) is 0.632. The highest BCUT2D eigenvalue weighted by atomic mass is 35.6. The van der Waals surface area contributed by atoms with Crippen molar-refractivity contribution >= 4 is 40.6 Å². The van der Waals surface area contributed by atoms with Gasteiger partial charge in [-0.3, -0.25) is 4.79 Å². The zero-order valence-electron chi connectivity index (χ0n) is 6.03. The van der Waals surface area contributed by atoms with E-state index in [4.69, 9.17) is 34.8 Å². The van der Waals surface area contributed by atoms with Gasteiger partial charge in [-0.15, -0.1) is 0 Å². The number of carbonyl (C=O) groups excluding carboxylic acids is 1. The van der Waals surface area contributed by atoms with Crippen LogP contribution in [0.5, 0.6) is 0 Å². The fourth-order valence-corrected chi connectivity index (χ4v) is 0.250. The van der Waals surface area contributed by atoms with Crippen LogP contribution in [-0.2, 0) is 4.79 Å². The zero-order chi connectivity index (χ0) is 8.57. The third kappa shape index (κ3) is 23.6. The second-order valence-electron chi connectivity index (χ2n) is 1.49. The standard InChI is InChI=1S/C5H10O.CHCl3/c1-3-5(6)4-2;2-1(3)4/h3-4H2,1-2H3;1H. The van der Waals surface area contributed by atoms with Gasteiger partial charge in [0.25, 0.3) is 0 Å². The molecule has 0 saturated carbocycles. The number of halogens is 3. The zero-order valence-corrected chi connectivity index (χ0v) is 8.30. The Bertz CT molecular complexity index is 74.3. The van der Waals surface area contributed by atoms with Gasteiger partial charge in [0, 0.05) is 12.8 Å². The maximum absolute atomic E-state index is 10.2. The van der Waals surface area contributed by atoms with Gasteiger partial charge >= 0.3 is 0 Å². The first kappa shape index (κ1) is 13.2. The minimum Gasteiger partial charge on any atom is -0.300 e. The first-order chi connectivity index (χ1) is 4.54. The van der Waals surface area contributed by atoms with Gasteiger partial charge in [0.1, 0.15) is 5.78 Å². The molecule has 0 aliphatic carbocycles. The molecule has 0 radical (unpaired) electrons. The van der Waals surface area contributed by atoms with Crippen LogP contribution in [0, 0.1) is 0 Å². The Morgan fingerprint density at radius 1 is 1.20 bits per heavy atom. The lowest BCUT2D eigenvalue weighted by atomic mass is 10.3. The van der Waals surface area contributed by atoms with Gasteiger partial charge in [-0.2, -0.15) is 0 Å². The average molecular weight is 206 g/mol. The number of rotatable bonds is 2. The van der Waals surface area contributed by atoms with Gasteiger partial charge in [0.05, 0.1) is 0 Å². The third-order valence-electron chi connectivity index (χ3n) is 0.789. The van der Waals surface area contributed by atoms with E-state index in [1.807, 2.05) is 13.8 Å². The van der Waals surface area contributed by atoms with Crippen LogP contribution in [0.2, 0.25) is 0 Å². The van der Waals surface area contributed by atoms with E-state index in [0.717, 1.165) is 0 Å². The van der Waals surface area contributed by atoms with E-state index >= 15 is 0 Å². The molecule has 1 nitrogen and oxygen atoms in total. The van der Waals surface area contributed by atoms with Crippen LogP contribution in [-0.4, -0.2) is 10.1 Å². The number of hydrogen-bond donors (Lipinski definition) is 0. The van der Waals surface area contributed by atoms with Gasteiger partial charge in [-0.25, -0.2) is 0 Å². The number of Topliss-reactive ketones (excluding diaryl/α,β-unsaturated/α-hetero) is 1. The van der Waals surface area contributed by atoms with Gasteiger partial charge in [0.15, 0.2) is 4.30 Å². The highest BCUT2D eigenvalue weighted by molar-refractivity contribution is 6.63. The maximum atomic E-state index is 10.2. The molecular weight excluding hydrogens is 194 g/mol. The molecule has 0 atom stereocenters.